The van der Waals surface area contributed by atoms with Gasteiger partial charge in [0.25, 0.3) is 6.43 Å². The molecule has 2 aromatic rings. The number of hydrogen-bond donors (Lipinski definition) is 1. The van der Waals surface area contributed by atoms with Crippen molar-refractivity contribution in [2.75, 3.05) is 13.7 Å². The quantitative estimate of drug-likeness (QED) is 0.393. The lowest BCUT2D eigenvalue weighted by Crippen LogP contribution is -2.32. The molecular formula is C21H24F5NO2. The summed E-state index contributed by atoms with van der Waals surface area (Å²) in [6, 6.07) is 12.3. The van der Waals surface area contributed by atoms with Gasteiger partial charge in [-0.15, -0.1) is 13.2 Å². The summed E-state index contributed by atoms with van der Waals surface area (Å²) in [5, 5.41) is 2.58. The molecule has 0 amide bonds. The molecule has 1 N–H and O–H groups in total. The van der Waals surface area contributed by atoms with E-state index < -0.39 is 18.8 Å². The molecule has 160 valence electrons. The molecule has 0 radical (unpaired) electrons. The van der Waals surface area contributed by atoms with Crippen molar-refractivity contribution in [2.45, 2.75) is 44.5 Å². The molecule has 1 atom stereocenters. The first-order chi connectivity index (χ1) is 13.8. The number of benzene rings is 2. The van der Waals surface area contributed by atoms with Gasteiger partial charge in [0, 0.05) is 0 Å². The second-order valence-electron chi connectivity index (χ2n) is 6.52. The van der Waals surface area contributed by atoms with Crippen LogP contribution in [0.4, 0.5) is 22.0 Å². The molecule has 0 saturated carbocycles. The first kappa shape index (κ1) is 22.9. The van der Waals surface area contributed by atoms with Crippen molar-refractivity contribution in [3.8, 4) is 11.5 Å². The zero-order valence-corrected chi connectivity index (χ0v) is 16.0. The number of aryl methyl sites for hydroxylation is 2. The number of alkyl halides is 5. The molecule has 0 bridgehead atoms. The third kappa shape index (κ3) is 8.27. The van der Waals surface area contributed by atoms with Crippen molar-refractivity contribution in [3.05, 3.63) is 59.7 Å². The molecule has 0 saturated heterocycles. The Bertz CT molecular complexity index is 752. The van der Waals surface area contributed by atoms with Gasteiger partial charge >= 0.3 is 6.36 Å². The van der Waals surface area contributed by atoms with Gasteiger partial charge in [-0.1, -0.05) is 30.3 Å². The summed E-state index contributed by atoms with van der Waals surface area (Å²) in [4.78, 5) is 0. The zero-order valence-electron chi connectivity index (χ0n) is 16.0. The van der Waals surface area contributed by atoms with Crippen LogP contribution in [0.15, 0.2) is 48.5 Å². The van der Waals surface area contributed by atoms with Crippen molar-refractivity contribution in [2.24, 2.45) is 0 Å². The van der Waals surface area contributed by atoms with Crippen molar-refractivity contribution in [1.82, 2.24) is 5.32 Å². The van der Waals surface area contributed by atoms with Crippen LogP contribution in [0.2, 0.25) is 0 Å². The number of hydrogen-bond acceptors (Lipinski definition) is 3. The fraction of sp³-hybridized carbons (Fsp3) is 0.429. The lowest BCUT2D eigenvalue weighted by atomic mass is 10.0. The van der Waals surface area contributed by atoms with E-state index in [2.05, 4.69) is 10.1 Å². The van der Waals surface area contributed by atoms with Crippen molar-refractivity contribution in [3.63, 3.8) is 0 Å². The third-order valence-corrected chi connectivity index (χ3v) is 4.38. The Morgan fingerprint density at radius 2 is 1.76 bits per heavy atom. The number of para-hydroxylation sites is 1. The molecule has 0 fully saturated rings. The fourth-order valence-corrected chi connectivity index (χ4v) is 2.91. The Labute approximate surface area is 166 Å². The molecule has 0 heterocycles. The Morgan fingerprint density at radius 1 is 1.00 bits per heavy atom. The van der Waals surface area contributed by atoms with E-state index in [1.807, 2.05) is 18.2 Å². The predicted molar refractivity (Wildman–Crippen MR) is 101 cm³/mol. The molecule has 2 aromatic carbocycles. The summed E-state index contributed by atoms with van der Waals surface area (Å²) in [7, 11) is 1.50. The predicted octanol–water partition coefficient (Wildman–Crippen LogP) is 5.38. The Hall–Kier alpha value is -2.35. The first-order valence-electron chi connectivity index (χ1n) is 9.29. The first-order valence-corrected chi connectivity index (χ1v) is 9.29. The number of ether oxygens (including phenoxy) is 2. The molecule has 1 unspecified atom stereocenters. The van der Waals surface area contributed by atoms with Gasteiger partial charge in [0.2, 0.25) is 0 Å². The summed E-state index contributed by atoms with van der Waals surface area (Å²) in [5.74, 6) is 0.394. The Kier molecular flexibility index (Phi) is 8.70. The van der Waals surface area contributed by atoms with Crippen LogP contribution in [0.3, 0.4) is 0 Å². The van der Waals surface area contributed by atoms with E-state index in [1.54, 1.807) is 12.1 Å². The minimum Gasteiger partial charge on any atom is -0.493 e. The van der Waals surface area contributed by atoms with Gasteiger partial charge in [-0.25, -0.2) is 8.78 Å². The largest absolute Gasteiger partial charge is 0.573 e. The number of nitrogens with one attached hydrogen (secondary N) is 1. The molecule has 0 aliphatic heterocycles. The molecule has 2 rings (SSSR count). The molecular weight excluding hydrogens is 393 g/mol. The Balaban J connectivity index is 1.90. The second-order valence-corrected chi connectivity index (χ2v) is 6.52. The van der Waals surface area contributed by atoms with E-state index in [0.717, 1.165) is 5.56 Å². The SMILES string of the molecule is CNC(CCCOc1ccccc1CCc1cccc(OC(F)(F)F)c1)C(F)F. The minimum atomic E-state index is -4.73. The lowest BCUT2D eigenvalue weighted by Gasteiger charge is -2.16. The minimum absolute atomic E-state index is 0.252. The highest BCUT2D eigenvalue weighted by molar-refractivity contribution is 5.35. The molecule has 0 aliphatic carbocycles. The van der Waals surface area contributed by atoms with Crippen molar-refractivity contribution >= 4 is 0 Å². The standard InChI is InChI=1S/C21H24F5NO2/c1-27-18(20(22)23)9-5-13-28-19-10-3-2-7-16(19)12-11-15-6-4-8-17(14-15)29-21(24,25)26/h2-4,6-8,10,14,18,20,27H,5,9,11-13H2,1H3. The average Bonchev–Trinajstić information content (AvgIpc) is 2.66. The van der Waals surface area contributed by atoms with E-state index in [9.17, 15) is 22.0 Å². The molecule has 3 nitrogen and oxygen atoms in total. The maximum atomic E-state index is 12.7. The van der Waals surface area contributed by atoms with Crippen LogP contribution in [0.1, 0.15) is 24.0 Å². The maximum Gasteiger partial charge on any atom is 0.573 e. The summed E-state index contributed by atoms with van der Waals surface area (Å²) in [5.41, 5.74) is 1.60. The molecule has 29 heavy (non-hydrogen) atoms. The van der Waals surface area contributed by atoms with Crippen molar-refractivity contribution < 1.29 is 31.4 Å². The van der Waals surface area contributed by atoms with Crippen LogP contribution in [-0.2, 0) is 12.8 Å². The van der Waals surface area contributed by atoms with Gasteiger partial charge in [0.15, 0.2) is 0 Å². The molecule has 8 heteroatoms. The smallest absolute Gasteiger partial charge is 0.493 e. The van der Waals surface area contributed by atoms with Crippen LogP contribution in [0.25, 0.3) is 0 Å². The second kappa shape index (κ2) is 11.0. The van der Waals surface area contributed by atoms with E-state index in [1.165, 1.54) is 25.2 Å². The highest BCUT2D eigenvalue weighted by atomic mass is 19.4. The monoisotopic (exact) mass is 417 g/mol. The zero-order chi connectivity index (χ0) is 21.3. The summed E-state index contributed by atoms with van der Waals surface area (Å²) in [6.45, 7) is 0.302. The van der Waals surface area contributed by atoms with E-state index in [-0.39, 0.29) is 5.75 Å². The highest BCUT2D eigenvalue weighted by Gasteiger charge is 2.31. The van der Waals surface area contributed by atoms with Gasteiger partial charge in [-0.2, -0.15) is 0 Å². The maximum absolute atomic E-state index is 12.7. The molecule has 0 aromatic heterocycles. The van der Waals surface area contributed by atoms with E-state index in [0.29, 0.717) is 43.6 Å². The van der Waals surface area contributed by atoms with Crippen LogP contribution < -0.4 is 14.8 Å². The van der Waals surface area contributed by atoms with Gasteiger partial charge in [0.1, 0.15) is 11.5 Å². The highest BCUT2D eigenvalue weighted by Crippen LogP contribution is 2.25. The van der Waals surface area contributed by atoms with Crippen LogP contribution in [0.5, 0.6) is 11.5 Å². The lowest BCUT2D eigenvalue weighted by molar-refractivity contribution is -0.274. The van der Waals surface area contributed by atoms with Gasteiger partial charge in [-0.3, -0.25) is 0 Å². The Morgan fingerprint density at radius 3 is 2.45 bits per heavy atom. The van der Waals surface area contributed by atoms with Gasteiger partial charge in [0.05, 0.1) is 12.6 Å². The molecule has 0 aliphatic rings. The number of halogens is 5. The van der Waals surface area contributed by atoms with Crippen LogP contribution in [0, 0.1) is 0 Å². The molecule has 0 spiro atoms. The van der Waals surface area contributed by atoms with E-state index in [4.69, 9.17) is 4.74 Å². The van der Waals surface area contributed by atoms with E-state index >= 15 is 0 Å². The topological polar surface area (TPSA) is 30.5 Å². The number of rotatable bonds is 11. The summed E-state index contributed by atoms with van der Waals surface area (Å²) < 4.78 is 72.2. The average molecular weight is 417 g/mol. The summed E-state index contributed by atoms with van der Waals surface area (Å²) in [6.07, 6.45) is -5.33. The third-order valence-electron chi connectivity index (χ3n) is 4.38. The van der Waals surface area contributed by atoms with Gasteiger partial charge in [-0.05, 0) is 62.1 Å². The normalized spacial score (nSPS) is 12.8. The fourth-order valence-electron chi connectivity index (χ4n) is 2.91. The van der Waals surface area contributed by atoms with Crippen LogP contribution >= 0.6 is 0 Å². The van der Waals surface area contributed by atoms with Crippen molar-refractivity contribution in [1.29, 1.82) is 0 Å². The summed E-state index contributed by atoms with van der Waals surface area (Å²) >= 11 is 0. The van der Waals surface area contributed by atoms with Crippen LogP contribution in [-0.4, -0.2) is 32.5 Å². The van der Waals surface area contributed by atoms with Gasteiger partial charge < -0.3 is 14.8 Å².